The van der Waals surface area contributed by atoms with Crippen LogP contribution in [0.5, 0.6) is 28.7 Å². The fraction of sp³-hybridized carbons (Fsp3) is 0.304. The molecule has 1 heterocycles. The van der Waals surface area contributed by atoms with E-state index in [9.17, 15) is 30.6 Å². The smallest absolute Gasteiger partial charge is 0.295 e. The Morgan fingerprint density at radius 2 is 1.46 bits per heavy atom. The third kappa shape index (κ3) is 12.5. The molecule has 1 aliphatic rings. The van der Waals surface area contributed by atoms with Crippen LogP contribution in [0.25, 0.3) is 11.1 Å². The van der Waals surface area contributed by atoms with Crippen molar-refractivity contribution in [2.24, 2.45) is 0 Å². The van der Waals surface area contributed by atoms with Crippen molar-refractivity contribution < 1.29 is 44.8 Å². The van der Waals surface area contributed by atoms with Crippen LogP contribution in [0.3, 0.4) is 0 Å². The Kier molecular flexibility index (Phi) is 17.5. The monoisotopic (exact) mass is 1020 g/mol. The zero-order chi connectivity index (χ0) is 51.6. The van der Waals surface area contributed by atoms with E-state index in [1.807, 2.05) is 72.8 Å². The van der Waals surface area contributed by atoms with Crippen molar-refractivity contribution in [2.75, 3.05) is 48.4 Å². The summed E-state index contributed by atoms with van der Waals surface area (Å²) in [6.45, 7) is 12.0. The van der Waals surface area contributed by atoms with Gasteiger partial charge in [-0.05, 0) is 129 Å². The highest BCUT2D eigenvalue weighted by Gasteiger charge is 2.29. The number of ether oxygens (including phenoxy) is 3. The minimum absolute atomic E-state index is 0.0883. The third-order valence-corrected chi connectivity index (χ3v) is 15.2. The van der Waals surface area contributed by atoms with Crippen molar-refractivity contribution in [1.29, 1.82) is 0 Å². The van der Waals surface area contributed by atoms with E-state index >= 15 is 0 Å². The van der Waals surface area contributed by atoms with Gasteiger partial charge in [-0.15, -0.1) is 0 Å². The van der Waals surface area contributed by atoms with Crippen molar-refractivity contribution in [2.45, 2.75) is 89.5 Å². The van der Waals surface area contributed by atoms with Crippen LogP contribution in [-0.2, 0) is 31.5 Å². The van der Waals surface area contributed by atoms with Gasteiger partial charge in [-0.1, -0.05) is 62.6 Å². The highest BCUT2D eigenvalue weighted by molar-refractivity contribution is 7.89. The summed E-state index contributed by atoms with van der Waals surface area (Å²) in [5, 5.41) is 5.06. The molecule has 6 aromatic carbocycles. The lowest BCUT2D eigenvalue weighted by Crippen LogP contribution is -2.29. The van der Waals surface area contributed by atoms with Crippen LogP contribution in [0.1, 0.15) is 89.8 Å². The number of methoxy groups -OCH3 is 1. The SMILES string of the molecule is CCC(CC)=c1ccc2c(c1)Oc1cc(N(CC)CC)ccc1C=2c1ccc(S(=O)(=O)NCCCCCCNc2ccc(OC)cc2CN(C(C)=O)c2cc(F)ccc2Oc2ccccc2)cc1S(=O)(=O)O. The van der Waals surface area contributed by atoms with E-state index < -0.39 is 30.9 Å². The predicted octanol–water partition coefficient (Wildman–Crippen LogP) is 10.5. The number of para-hydroxylation sites is 1. The molecule has 72 heavy (non-hydrogen) atoms. The summed E-state index contributed by atoms with van der Waals surface area (Å²) >= 11 is 0. The number of amides is 1. The molecule has 1 amide bonds. The number of carbonyl (C=O) groups is 1. The van der Waals surface area contributed by atoms with Crippen LogP contribution in [0.15, 0.2) is 131 Å². The van der Waals surface area contributed by atoms with Crippen LogP contribution in [0.4, 0.5) is 21.5 Å². The standard InChI is InChI=1S/C56H63FN4O9S2/c1-7-39(8-2)40-20-25-47-53(33-40)70-54-35-43(60(9-3)10-4)22-26-48(54)56(47)49-27-24-46(36-55(49)72(65,66)67)71(63,64)59-31-17-12-11-16-30-58-50-28-23-45(68-6)32-41(50)37-61(38(5)62)51-34-42(57)21-29-52(51)69-44-18-14-13-15-19-44/h13-15,18-29,32-36,58-59H,7-12,16-17,30-31,37H2,1-6H3,(H,65,66,67). The summed E-state index contributed by atoms with van der Waals surface area (Å²) in [5.41, 5.74) is 5.15. The second-order valence-electron chi connectivity index (χ2n) is 17.4. The third-order valence-electron chi connectivity index (χ3n) is 12.8. The number of hydrogen-bond acceptors (Lipinski definition) is 10. The van der Waals surface area contributed by atoms with Crippen LogP contribution >= 0.6 is 0 Å². The molecule has 7 rings (SSSR count). The first kappa shape index (κ1) is 53.1. The van der Waals surface area contributed by atoms with E-state index in [1.165, 1.54) is 47.7 Å². The average molecular weight is 1020 g/mol. The van der Waals surface area contributed by atoms with Gasteiger partial charge in [0.15, 0.2) is 5.75 Å². The Morgan fingerprint density at radius 3 is 2.14 bits per heavy atom. The topological polar surface area (TPSA) is 164 Å². The van der Waals surface area contributed by atoms with Crippen LogP contribution < -0.4 is 44.5 Å². The molecule has 6 aromatic rings. The number of rotatable bonds is 23. The zero-order valence-corrected chi connectivity index (χ0v) is 43.3. The van der Waals surface area contributed by atoms with Crippen molar-refractivity contribution in [3.05, 3.63) is 154 Å². The number of carbonyl (C=O) groups excluding carboxylic acids is 1. The second-order valence-corrected chi connectivity index (χ2v) is 20.5. The molecule has 380 valence electrons. The van der Waals surface area contributed by atoms with Crippen molar-refractivity contribution >= 4 is 54.3 Å². The number of sulfonamides is 1. The lowest BCUT2D eigenvalue weighted by molar-refractivity contribution is -0.116. The highest BCUT2D eigenvalue weighted by atomic mass is 32.2. The van der Waals surface area contributed by atoms with Gasteiger partial charge in [-0.2, -0.15) is 8.42 Å². The number of unbranched alkanes of at least 4 members (excludes halogenated alkanes) is 3. The van der Waals surface area contributed by atoms with E-state index in [2.05, 4.69) is 42.6 Å². The first-order valence-corrected chi connectivity index (χ1v) is 27.3. The van der Waals surface area contributed by atoms with Gasteiger partial charge in [0, 0.05) is 78.5 Å². The molecule has 0 fully saturated rings. The minimum atomic E-state index is -4.95. The number of fused-ring (bicyclic) bond motifs is 2. The maximum absolute atomic E-state index is 14.7. The number of halogens is 1. The fourth-order valence-corrected chi connectivity index (χ4v) is 10.9. The molecular weight excluding hydrogens is 956 g/mol. The van der Waals surface area contributed by atoms with Gasteiger partial charge in [-0.25, -0.2) is 17.5 Å². The molecule has 0 aliphatic carbocycles. The van der Waals surface area contributed by atoms with Crippen LogP contribution in [-0.4, -0.2) is 60.6 Å². The summed E-state index contributed by atoms with van der Waals surface area (Å²) in [6, 6.07) is 33.9. The Hall–Kier alpha value is -6.72. The van der Waals surface area contributed by atoms with Crippen LogP contribution in [0, 0.1) is 5.82 Å². The van der Waals surface area contributed by atoms with Gasteiger partial charge in [0.1, 0.15) is 33.7 Å². The highest BCUT2D eigenvalue weighted by Crippen LogP contribution is 2.41. The van der Waals surface area contributed by atoms with Crippen molar-refractivity contribution in [1.82, 2.24) is 4.72 Å². The maximum Gasteiger partial charge on any atom is 0.295 e. The van der Waals surface area contributed by atoms with E-state index in [1.54, 1.807) is 19.2 Å². The minimum Gasteiger partial charge on any atom is -0.497 e. The van der Waals surface area contributed by atoms with Gasteiger partial charge in [0.25, 0.3) is 10.1 Å². The summed E-state index contributed by atoms with van der Waals surface area (Å²) in [4.78, 5) is 15.9. The van der Waals surface area contributed by atoms with Gasteiger partial charge >= 0.3 is 0 Å². The molecular formula is C56H63FN4O9S2. The van der Waals surface area contributed by atoms with Gasteiger partial charge < -0.3 is 29.3 Å². The van der Waals surface area contributed by atoms with E-state index in [0.717, 1.165) is 67.0 Å². The molecule has 16 heteroatoms. The number of nitrogens with zero attached hydrogens (tertiary/aromatic N) is 2. The quantitative estimate of drug-likeness (QED) is 0.0413. The molecule has 3 N–H and O–H groups in total. The van der Waals surface area contributed by atoms with Gasteiger partial charge in [0.2, 0.25) is 15.9 Å². The number of benzene rings is 6. The molecule has 0 saturated carbocycles. The zero-order valence-electron chi connectivity index (χ0n) is 41.6. The lowest BCUT2D eigenvalue weighted by atomic mass is 9.92. The molecule has 0 spiro atoms. The molecule has 0 bridgehead atoms. The van der Waals surface area contributed by atoms with E-state index in [4.69, 9.17) is 14.2 Å². The van der Waals surface area contributed by atoms with E-state index in [-0.39, 0.29) is 35.1 Å². The number of nitrogens with one attached hydrogen (secondary N) is 2. The van der Waals surface area contributed by atoms with E-state index in [0.29, 0.717) is 64.5 Å². The predicted molar refractivity (Wildman–Crippen MR) is 283 cm³/mol. The normalized spacial score (nSPS) is 12.1. The average Bonchev–Trinajstić information content (AvgIpc) is 3.37. The van der Waals surface area contributed by atoms with Crippen molar-refractivity contribution in [3.63, 3.8) is 0 Å². The Bertz CT molecular complexity index is 3270. The molecule has 0 radical (unpaired) electrons. The number of hydrogen-bond donors (Lipinski definition) is 3. The summed E-state index contributed by atoms with van der Waals surface area (Å²) in [7, 11) is -7.60. The van der Waals surface area contributed by atoms with Gasteiger partial charge in [-0.3, -0.25) is 9.35 Å². The van der Waals surface area contributed by atoms with Gasteiger partial charge in [0.05, 0.1) is 24.2 Å². The second kappa shape index (κ2) is 23.7. The molecule has 13 nitrogen and oxygen atoms in total. The molecule has 0 saturated heterocycles. The first-order valence-electron chi connectivity index (χ1n) is 24.4. The summed E-state index contributed by atoms with van der Waals surface area (Å²) < 4.78 is 100. The Morgan fingerprint density at radius 1 is 0.736 bits per heavy atom. The number of anilines is 3. The molecule has 0 unspecified atom stereocenters. The summed E-state index contributed by atoms with van der Waals surface area (Å²) in [6.07, 6.45) is 4.36. The summed E-state index contributed by atoms with van der Waals surface area (Å²) in [5.74, 6) is 1.62. The Balaban J connectivity index is 1.03. The first-order chi connectivity index (χ1) is 34.6. The van der Waals surface area contributed by atoms with Crippen molar-refractivity contribution in [3.8, 4) is 28.7 Å². The molecule has 0 atom stereocenters. The lowest BCUT2D eigenvalue weighted by Gasteiger charge is -2.26. The maximum atomic E-state index is 14.7. The fourth-order valence-electron chi connectivity index (χ4n) is 8.98. The van der Waals surface area contributed by atoms with Crippen LogP contribution in [0.2, 0.25) is 0 Å². The Labute approximate surface area is 422 Å². The molecule has 0 aromatic heterocycles. The molecule has 1 aliphatic heterocycles. The largest absolute Gasteiger partial charge is 0.497 e.